The van der Waals surface area contributed by atoms with E-state index in [0.29, 0.717) is 18.9 Å². The van der Waals surface area contributed by atoms with Crippen molar-refractivity contribution in [3.63, 3.8) is 0 Å². The molecule has 3 aromatic rings. The van der Waals surface area contributed by atoms with E-state index in [4.69, 9.17) is 9.97 Å². The first kappa shape index (κ1) is 21.7. The van der Waals surface area contributed by atoms with Crippen molar-refractivity contribution < 1.29 is 4.79 Å². The molecule has 0 unspecified atom stereocenters. The number of amides is 1. The Balaban J connectivity index is 1.30. The van der Waals surface area contributed by atoms with Crippen LogP contribution in [-0.2, 0) is 24.2 Å². The first-order chi connectivity index (χ1) is 16.2. The molecule has 33 heavy (non-hydrogen) atoms. The third kappa shape index (κ3) is 4.96. The number of carbonyl (C=O) groups excluding carboxylic acids is 1. The number of hydrogen-bond acceptors (Lipinski definition) is 5. The molecule has 2 aliphatic heterocycles. The second-order valence-corrected chi connectivity index (χ2v) is 9.22. The Labute approximate surface area is 195 Å². The molecule has 2 aromatic heterocycles. The molecule has 2 aliphatic rings. The minimum Gasteiger partial charge on any atom is -0.298 e. The maximum Gasteiger partial charge on any atom is 0.232 e. The molecule has 1 saturated heterocycles. The number of rotatable bonds is 7. The minimum absolute atomic E-state index is 0.148. The number of aryl methyl sites for hydroxylation is 2. The van der Waals surface area contributed by atoms with Gasteiger partial charge in [0.25, 0.3) is 0 Å². The number of likely N-dealkylation sites (tertiary alicyclic amines) is 1. The summed E-state index contributed by atoms with van der Waals surface area (Å²) in [4.78, 5) is 31.3. The SMILES string of the molecule is Cc1nc([C@H]2CCCN(Cc3cccnc3)C2)nc2c1CC(=O)N2CCCc1ccccc1. The van der Waals surface area contributed by atoms with Crippen LogP contribution in [0, 0.1) is 6.92 Å². The number of carbonyl (C=O) groups is 1. The van der Waals surface area contributed by atoms with Crippen molar-refractivity contribution in [3.05, 3.63) is 83.1 Å². The number of anilines is 1. The lowest BCUT2D eigenvalue weighted by atomic mass is 9.96. The number of fused-ring (bicyclic) bond motifs is 1. The Morgan fingerprint density at radius 2 is 1.91 bits per heavy atom. The zero-order chi connectivity index (χ0) is 22.6. The molecule has 0 N–H and O–H groups in total. The molecule has 1 amide bonds. The second-order valence-electron chi connectivity index (χ2n) is 9.22. The number of benzene rings is 1. The zero-order valence-corrected chi connectivity index (χ0v) is 19.3. The van der Waals surface area contributed by atoms with Crippen molar-refractivity contribution in [1.29, 1.82) is 0 Å². The summed E-state index contributed by atoms with van der Waals surface area (Å²) in [5, 5.41) is 0. The first-order valence-electron chi connectivity index (χ1n) is 12.0. The van der Waals surface area contributed by atoms with E-state index in [2.05, 4.69) is 40.2 Å². The predicted octanol–water partition coefficient (Wildman–Crippen LogP) is 4.08. The second kappa shape index (κ2) is 9.79. The van der Waals surface area contributed by atoms with Crippen molar-refractivity contribution in [2.45, 2.75) is 51.5 Å². The molecule has 0 spiro atoms. The van der Waals surface area contributed by atoms with E-state index in [-0.39, 0.29) is 5.91 Å². The summed E-state index contributed by atoms with van der Waals surface area (Å²) in [7, 11) is 0. The van der Waals surface area contributed by atoms with E-state index in [1.807, 2.05) is 36.4 Å². The van der Waals surface area contributed by atoms with Crippen LogP contribution in [0.1, 0.15) is 53.4 Å². The van der Waals surface area contributed by atoms with Crippen LogP contribution in [0.15, 0.2) is 54.9 Å². The van der Waals surface area contributed by atoms with Crippen LogP contribution in [0.25, 0.3) is 0 Å². The van der Waals surface area contributed by atoms with E-state index in [1.165, 1.54) is 11.1 Å². The third-order valence-electron chi connectivity index (χ3n) is 6.78. The summed E-state index contributed by atoms with van der Waals surface area (Å²) >= 11 is 0. The van der Waals surface area contributed by atoms with Gasteiger partial charge in [-0.15, -0.1) is 0 Å². The average Bonchev–Trinajstić information content (AvgIpc) is 3.16. The van der Waals surface area contributed by atoms with Gasteiger partial charge in [-0.05, 0) is 56.3 Å². The van der Waals surface area contributed by atoms with Gasteiger partial charge >= 0.3 is 0 Å². The topological polar surface area (TPSA) is 62.2 Å². The molecule has 0 bridgehead atoms. The molecule has 6 heteroatoms. The highest BCUT2D eigenvalue weighted by molar-refractivity contribution is 6.00. The van der Waals surface area contributed by atoms with Gasteiger partial charge in [-0.25, -0.2) is 9.97 Å². The van der Waals surface area contributed by atoms with E-state index < -0.39 is 0 Å². The highest BCUT2D eigenvalue weighted by Crippen LogP contribution is 2.33. The maximum atomic E-state index is 12.8. The fourth-order valence-electron chi connectivity index (χ4n) is 5.06. The Hall–Kier alpha value is -3.12. The summed E-state index contributed by atoms with van der Waals surface area (Å²) in [5.74, 6) is 2.18. The van der Waals surface area contributed by atoms with Crippen LogP contribution in [0.3, 0.4) is 0 Å². The van der Waals surface area contributed by atoms with Gasteiger partial charge in [0.1, 0.15) is 11.6 Å². The lowest BCUT2D eigenvalue weighted by Gasteiger charge is -2.32. The lowest BCUT2D eigenvalue weighted by Crippen LogP contribution is -2.35. The predicted molar refractivity (Wildman–Crippen MR) is 129 cm³/mol. The van der Waals surface area contributed by atoms with Gasteiger partial charge < -0.3 is 0 Å². The van der Waals surface area contributed by atoms with Crippen LogP contribution in [0.5, 0.6) is 0 Å². The maximum absolute atomic E-state index is 12.8. The molecule has 4 heterocycles. The quantitative estimate of drug-likeness (QED) is 0.553. The standard InChI is InChI=1S/C27H31N5O/c1-20-24-16-25(33)32(15-6-11-21-8-3-2-4-9-21)27(24)30-26(29-20)23-12-7-14-31(19-23)18-22-10-5-13-28-17-22/h2-5,8-10,13,17,23H,6-7,11-12,14-16,18-19H2,1H3/t23-/m0/s1. The Morgan fingerprint density at radius 1 is 1.06 bits per heavy atom. The summed E-state index contributed by atoms with van der Waals surface area (Å²) in [5.41, 5.74) is 4.50. The Morgan fingerprint density at radius 3 is 2.73 bits per heavy atom. The first-order valence-corrected chi connectivity index (χ1v) is 12.0. The van der Waals surface area contributed by atoms with Gasteiger partial charge in [-0.2, -0.15) is 0 Å². The Bertz CT molecular complexity index is 1100. The molecular weight excluding hydrogens is 410 g/mol. The van der Waals surface area contributed by atoms with Crippen molar-refractivity contribution in [2.24, 2.45) is 0 Å². The molecule has 1 fully saturated rings. The van der Waals surface area contributed by atoms with Gasteiger partial charge in [-0.3, -0.25) is 19.6 Å². The van der Waals surface area contributed by atoms with Crippen LogP contribution >= 0.6 is 0 Å². The van der Waals surface area contributed by atoms with Crippen molar-refractivity contribution in [3.8, 4) is 0 Å². The number of hydrogen-bond donors (Lipinski definition) is 0. The summed E-state index contributed by atoms with van der Waals surface area (Å²) in [6, 6.07) is 14.6. The molecule has 0 radical (unpaired) electrons. The largest absolute Gasteiger partial charge is 0.298 e. The normalized spacial score (nSPS) is 18.5. The fourth-order valence-corrected chi connectivity index (χ4v) is 5.06. The van der Waals surface area contributed by atoms with Gasteiger partial charge in [0.15, 0.2) is 0 Å². The van der Waals surface area contributed by atoms with Gasteiger partial charge in [0, 0.05) is 49.2 Å². The monoisotopic (exact) mass is 441 g/mol. The molecule has 0 saturated carbocycles. The fraction of sp³-hybridized carbons (Fsp3) is 0.407. The summed E-state index contributed by atoms with van der Waals surface area (Å²) < 4.78 is 0. The van der Waals surface area contributed by atoms with Gasteiger partial charge in [0.05, 0.1) is 6.42 Å². The summed E-state index contributed by atoms with van der Waals surface area (Å²) in [6.07, 6.45) is 8.28. The van der Waals surface area contributed by atoms with Crippen LogP contribution in [0.2, 0.25) is 0 Å². The molecule has 0 aliphatic carbocycles. The molecule has 1 atom stereocenters. The van der Waals surface area contributed by atoms with Crippen molar-refractivity contribution in [2.75, 3.05) is 24.5 Å². The van der Waals surface area contributed by atoms with Gasteiger partial charge in [0.2, 0.25) is 5.91 Å². The highest BCUT2D eigenvalue weighted by Gasteiger charge is 2.33. The molecular formula is C27H31N5O. The lowest BCUT2D eigenvalue weighted by molar-refractivity contribution is -0.117. The smallest absolute Gasteiger partial charge is 0.232 e. The minimum atomic E-state index is 0.148. The molecule has 5 rings (SSSR count). The molecule has 170 valence electrons. The van der Waals surface area contributed by atoms with E-state index in [1.54, 1.807) is 0 Å². The number of pyridine rings is 1. The third-order valence-corrected chi connectivity index (χ3v) is 6.78. The molecule has 6 nitrogen and oxygen atoms in total. The number of aromatic nitrogens is 3. The summed E-state index contributed by atoms with van der Waals surface area (Å²) in [6.45, 7) is 5.66. The molecule has 1 aromatic carbocycles. The van der Waals surface area contributed by atoms with E-state index in [0.717, 1.165) is 68.2 Å². The zero-order valence-electron chi connectivity index (χ0n) is 19.3. The Kier molecular flexibility index (Phi) is 6.44. The van der Waals surface area contributed by atoms with Crippen LogP contribution in [-0.4, -0.2) is 45.4 Å². The van der Waals surface area contributed by atoms with Crippen molar-refractivity contribution in [1.82, 2.24) is 19.9 Å². The van der Waals surface area contributed by atoms with Crippen LogP contribution in [0.4, 0.5) is 5.82 Å². The number of piperidine rings is 1. The van der Waals surface area contributed by atoms with E-state index >= 15 is 0 Å². The average molecular weight is 442 g/mol. The number of nitrogens with zero attached hydrogens (tertiary/aromatic N) is 5. The van der Waals surface area contributed by atoms with Gasteiger partial charge in [-0.1, -0.05) is 36.4 Å². The van der Waals surface area contributed by atoms with Crippen molar-refractivity contribution >= 4 is 11.7 Å². The van der Waals surface area contributed by atoms with E-state index in [9.17, 15) is 4.79 Å². The highest BCUT2D eigenvalue weighted by atomic mass is 16.2. The van der Waals surface area contributed by atoms with Crippen LogP contribution < -0.4 is 4.90 Å².